The van der Waals surface area contributed by atoms with E-state index in [4.69, 9.17) is 0 Å². The first-order chi connectivity index (χ1) is 14.0. The second-order valence-electron chi connectivity index (χ2n) is 8.22. The van der Waals surface area contributed by atoms with Gasteiger partial charge >= 0.3 is 0 Å². The van der Waals surface area contributed by atoms with E-state index in [2.05, 4.69) is 17.9 Å². The quantitative estimate of drug-likeness (QED) is 0.654. The highest BCUT2D eigenvalue weighted by Crippen LogP contribution is 2.41. The molecule has 0 amide bonds. The van der Waals surface area contributed by atoms with Crippen LogP contribution in [0.4, 0.5) is 0 Å². The van der Waals surface area contributed by atoms with Crippen LogP contribution in [-0.4, -0.2) is 27.7 Å². The molecule has 1 atom stereocenters. The largest absolute Gasteiger partial charge is 0.507 e. The average Bonchev–Trinajstić information content (AvgIpc) is 3.21. The molecule has 29 heavy (non-hydrogen) atoms. The van der Waals surface area contributed by atoms with Crippen molar-refractivity contribution in [1.29, 1.82) is 0 Å². The molecular formula is C26H29NO2. The van der Waals surface area contributed by atoms with Crippen molar-refractivity contribution in [2.75, 3.05) is 6.54 Å². The van der Waals surface area contributed by atoms with Crippen molar-refractivity contribution in [2.45, 2.75) is 44.9 Å². The summed E-state index contributed by atoms with van der Waals surface area (Å²) in [6.45, 7) is 5.53. The topological polar surface area (TPSA) is 43.7 Å². The molecule has 2 N–H and O–H groups in total. The van der Waals surface area contributed by atoms with Crippen LogP contribution in [0.3, 0.4) is 0 Å². The summed E-state index contributed by atoms with van der Waals surface area (Å²) in [5, 5.41) is 22.8. The van der Waals surface area contributed by atoms with E-state index in [-0.39, 0.29) is 6.04 Å². The Morgan fingerprint density at radius 3 is 2.10 bits per heavy atom. The Morgan fingerprint density at radius 1 is 0.931 bits per heavy atom. The summed E-state index contributed by atoms with van der Waals surface area (Å²) >= 11 is 0. The van der Waals surface area contributed by atoms with Crippen molar-refractivity contribution in [3.05, 3.63) is 101 Å². The number of phenolic OH excluding ortho intramolecular Hbond substituents is 1. The molecule has 3 heteroatoms. The molecule has 0 bridgehead atoms. The molecular weight excluding hydrogens is 358 g/mol. The van der Waals surface area contributed by atoms with Crippen LogP contribution in [0, 0.1) is 13.8 Å². The Balaban J connectivity index is 1.75. The van der Waals surface area contributed by atoms with Crippen LogP contribution in [0.15, 0.2) is 72.8 Å². The average molecular weight is 388 g/mol. The highest BCUT2D eigenvalue weighted by Gasteiger charge is 2.45. The number of benzene rings is 3. The number of aliphatic hydroxyl groups is 1. The van der Waals surface area contributed by atoms with Crippen LogP contribution >= 0.6 is 0 Å². The number of aryl methyl sites for hydroxylation is 2. The van der Waals surface area contributed by atoms with Crippen molar-refractivity contribution in [2.24, 2.45) is 0 Å². The van der Waals surface area contributed by atoms with Gasteiger partial charge in [-0.3, -0.25) is 4.90 Å². The zero-order valence-electron chi connectivity index (χ0n) is 17.2. The van der Waals surface area contributed by atoms with E-state index < -0.39 is 5.60 Å². The van der Waals surface area contributed by atoms with Crippen LogP contribution < -0.4 is 0 Å². The predicted molar refractivity (Wildman–Crippen MR) is 117 cm³/mol. The molecule has 0 saturated carbocycles. The fourth-order valence-electron chi connectivity index (χ4n) is 4.81. The summed E-state index contributed by atoms with van der Waals surface area (Å²) in [6.07, 6.45) is 1.93. The summed E-state index contributed by atoms with van der Waals surface area (Å²) in [5.41, 5.74) is 3.69. The molecule has 1 aliphatic rings. The van der Waals surface area contributed by atoms with E-state index in [0.717, 1.165) is 47.2 Å². The SMILES string of the molecule is Cc1cc(C)c(O)c(CN2CCC[C@H]2C(O)(c2ccccc2)c2ccccc2)c1. The number of aromatic hydroxyl groups is 1. The molecule has 1 heterocycles. The number of likely N-dealkylation sites (tertiary alicyclic amines) is 1. The number of rotatable bonds is 5. The standard InChI is InChI=1S/C26H29NO2/c1-19-16-20(2)25(28)21(17-19)18-27-15-9-14-24(27)26(29,22-10-5-3-6-11-22)23-12-7-4-8-13-23/h3-8,10-13,16-17,24,28-29H,9,14-15,18H2,1-2H3/t24-/m0/s1. The molecule has 0 unspecified atom stereocenters. The minimum Gasteiger partial charge on any atom is -0.507 e. The van der Waals surface area contributed by atoms with Gasteiger partial charge in [0.15, 0.2) is 0 Å². The van der Waals surface area contributed by atoms with Crippen molar-refractivity contribution in [3.63, 3.8) is 0 Å². The van der Waals surface area contributed by atoms with Gasteiger partial charge in [-0.1, -0.05) is 78.4 Å². The lowest BCUT2D eigenvalue weighted by molar-refractivity contribution is -0.00673. The fraction of sp³-hybridized carbons (Fsp3) is 0.308. The van der Waals surface area contributed by atoms with Gasteiger partial charge in [-0.2, -0.15) is 0 Å². The first-order valence-electron chi connectivity index (χ1n) is 10.4. The van der Waals surface area contributed by atoms with Crippen molar-refractivity contribution >= 4 is 0 Å². The molecule has 0 radical (unpaired) electrons. The second-order valence-corrected chi connectivity index (χ2v) is 8.22. The van der Waals surface area contributed by atoms with E-state index in [0.29, 0.717) is 12.3 Å². The minimum absolute atomic E-state index is 0.0625. The third-order valence-electron chi connectivity index (χ3n) is 6.17. The van der Waals surface area contributed by atoms with Gasteiger partial charge in [-0.25, -0.2) is 0 Å². The maximum Gasteiger partial charge on any atom is 0.130 e. The molecule has 4 rings (SSSR count). The van der Waals surface area contributed by atoms with Gasteiger partial charge in [0, 0.05) is 18.2 Å². The molecule has 3 aromatic carbocycles. The lowest BCUT2D eigenvalue weighted by atomic mass is 9.79. The molecule has 1 fully saturated rings. The molecule has 1 saturated heterocycles. The van der Waals surface area contributed by atoms with Gasteiger partial charge in [-0.05, 0) is 49.9 Å². The smallest absolute Gasteiger partial charge is 0.130 e. The van der Waals surface area contributed by atoms with Crippen molar-refractivity contribution in [3.8, 4) is 5.75 Å². The van der Waals surface area contributed by atoms with Gasteiger partial charge in [0.05, 0.1) is 0 Å². The van der Waals surface area contributed by atoms with E-state index in [9.17, 15) is 10.2 Å². The maximum atomic E-state index is 12.2. The van der Waals surface area contributed by atoms with Gasteiger partial charge in [0.2, 0.25) is 0 Å². The Kier molecular flexibility index (Phi) is 5.44. The van der Waals surface area contributed by atoms with E-state index in [1.807, 2.05) is 73.7 Å². The van der Waals surface area contributed by atoms with E-state index >= 15 is 0 Å². The molecule has 0 aliphatic carbocycles. The van der Waals surface area contributed by atoms with Crippen LogP contribution in [0.25, 0.3) is 0 Å². The zero-order valence-corrected chi connectivity index (χ0v) is 17.2. The Morgan fingerprint density at radius 2 is 1.52 bits per heavy atom. The van der Waals surface area contributed by atoms with Crippen LogP contribution in [-0.2, 0) is 12.1 Å². The third kappa shape index (κ3) is 3.68. The van der Waals surface area contributed by atoms with Crippen molar-refractivity contribution in [1.82, 2.24) is 4.90 Å². The second kappa shape index (κ2) is 8.02. The van der Waals surface area contributed by atoms with Crippen LogP contribution in [0.1, 0.15) is 40.7 Å². The first-order valence-corrected chi connectivity index (χ1v) is 10.4. The maximum absolute atomic E-state index is 12.2. The number of hydrogen-bond donors (Lipinski definition) is 2. The molecule has 0 spiro atoms. The van der Waals surface area contributed by atoms with Gasteiger partial charge < -0.3 is 10.2 Å². The summed E-state index contributed by atoms with van der Waals surface area (Å²) < 4.78 is 0. The highest BCUT2D eigenvalue weighted by atomic mass is 16.3. The predicted octanol–water partition coefficient (Wildman–Crippen LogP) is 4.91. The molecule has 150 valence electrons. The zero-order chi connectivity index (χ0) is 20.4. The summed E-state index contributed by atoms with van der Waals surface area (Å²) in [7, 11) is 0. The number of hydrogen-bond acceptors (Lipinski definition) is 3. The Hall–Kier alpha value is -2.62. The lowest BCUT2D eigenvalue weighted by Gasteiger charge is -2.40. The number of phenols is 1. The Bertz CT molecular complexity index is 929. The minimum atomic E-state index is -1.10. The highest BCUT2D eigenvalue weighted by molar-refractivity contribution is 5.43. The molecule has 1 aliphatic heterocycles. The van der Waals surface area contributed by atoms with Crippen molar-refractivity contribution < 1.29 is 10.2 Å². The normalized spacial score (nSPS) is 17.6. The Labute approximate surface area is 173 Å². The van der Waals surface area contributed by atoms with Crippen LogP contribution in [0.2, 0.25) is 0 Å². The molecule has 3 aromatic rings. The van der Waals surface area contributed by atoms with Crippen LogP contribution in [0.5, 0.6) is 5.75 Å². The summed E-state index contributed by atoms with van der Waals surface area (Å²) in [6, 6.07) is 23.9. The van der Waals surface area contributed by atoms with Gasteiger partial charge in [-0.15, -0.1) is 0 Å². The van der Waals surface area contributed by atoms with E-state index in [1.54, 1.807) is 0 Å². The first kappa shape index (κ1) is 19.7. The van der Waals surface area contributed by atoms with E-state index in [1.165, 1.54) is 0 Å². The summed E-state index contributed by atoms with van der Waals surface area (Å²) in [4.78, 5) is 2.33. The lowest BCUT2D eigenvalue weighted by Crippen LogP contribution is -2.48. The summed E-state index contributed by atoms with van der Waals surface area (Å²) in [5.74, 6) is 0.365. The monoisotopic (exact) mass is 387 g/mol. The fourth-order valence-corrected chi connectivity index (χ4v) is 4.81. The molecule has 0 aromatic heterocycles. The third-order valence-corrected chi connectivity index (χ3v) is 6.17. The number of nitrogens with zero attached hydrogens (tertiary/aromatic N) is 1. The van der Waals surface area contributed by atoms with Gasteiger partial charge in [0.25, 0.3) is 0 Å². The van der Waals surface area contributed by atoms with Gasteiger partial charge in [0.1, 0.15) is 11.4 Å². The molecule has 3 nitrogen and oxygen atoms in total.